The summed E-state index contributed by atoms with van der Waals surface area (Å²) in [4.78, 5) is 24.7. The van der Waals surface area contributed by atoms with Crippen LogP contribution >= 0.6 is 0 Å². The minimum atomic E-state index is -0.341. The first-order valence-corrected chi connectivity index (χ1v) is 8.99. The second kappa shape index (κ2) is 7.30. The van der Waals surface area contributed by atoms with Gasteiger partial charge in [-0.2, -0.15) is 0 Å². The highest BCUT2D eigenvalue weighted by Gasteiger charge is 2.28. The Hall–Kier alpha value is -2.66. The van der Waals surface area contributed by atoms with Gasteiger partial charge in [0.1, 0.15) is 6.10 Å². The van der Waals surface area contributed by atoms with Crippen LogP contribution < -0.4 is 5.32 Å². The van der Waals surface area contributed by atoms with E-state index in [1.165, 1.54) is 0 Å². The average molecular weight is 351 g/mol. The molecule has 0 aliphatic carbocycles. The summed E-state index contributed by atoms with van der Waals surface area (Å²) in [6.07, 6.45) is 2.38. The van der Waals surface area contributed by atoms with E-state index in [9.17, 15) is 9.59 Å². The Bertz CT molecular complexity index is 812. The standard InChI is InChI=1S/C21H21NO4/c23-20(22-13-17-7-4-10-25-17)15-8-9-18-16(11-15)12-19(26-21(18)24)14-5-2-1-3-6-14/h1-3,5-6,8-9,11,17,19H,4,7,10,12-13H2,(H,22,23)/t17-,19+/m1/s1. The Balaban J connectivity index is 1.50. The van der Waals surface area contributed by atoms with Crippen LogP contribution in [0.4, 0.5) is 0 Å². The van der Waals surface area contributed by atoms with Gasteiger partial charge in [-0.25, -0.2) is 4.79 Å². The van der Waals surface area contributed by atoms with Crippen LogP contribution in [0.3, 0.4) is 0 Å². The summed E-state index contributed by atoms with van der Waals surface area (Å²) in [5.74, 6) is -0.482. The molecule has 1 fully saturated rings. The number of esters is 1. The lowest BCUT2D eigenvalue weighted by Crippen LogP contribution is -2.32. The van der Waals surface area contributed by atoms with E-state index < -0.39 is 0 Å². The molecule has 5 nitrogen and oxygen atoms in total. The van der Waals surface area contributed by atoms with Crippen LogP contribution in [0.15, 0.2) is 48.5 Å². The number of hydrogen-bond donors (Lipinski definition) is 1. The number of ether oxygens (including phenoxy) is 2. The Morgan fingerprint density at radius 1 is 1.15 bits per heavy atom. The third kappa shape index (κ3) is 3.48. The molecule has 0 saturated carbocycles. The molecule has 5 heteroatoms. The van der Waals surface area contributed by atoms with E-state index in [0.29, 0.717) is 24.1 Å². The first-order valence-electron chi connectivity index (χ1n) is 8.99. The number of carbonyl (C=O) groups excluding carboxylic acids is 2. The fourth-order valence-corrected chi connectivity index (χ4v) is 3.50. The van der Waals surface area contributed by atoms with Crippen molar-refractivity contribution in [3.8, 4) is 0 Å². The van der Waals surface area contributed by atoms with Crippen molar-refractivity contribution in [2.24, 2.45) is 0 Å². The van der Waals surface area contributed by atoms with Crippen LogP contribution in [-0.2, 0) is 15.9 Å². The molecule has 2 heterocycles. The minimum Gasteiger partial charge on any atom is -0.454 e. The molecule has 0 bridgehead atoms. The maximum atomic E-state index is 12.4. The van der Waals surface area contributed by atoms with Crippen LogP contribution in [0.25, 0.3) is 0 Å². The zero-order chi connectivity index (χ0) is 17.9. The monoisotopic (exact) mass is 351 g/mol. The van der Waals surface area contributed by atoms with Gasteiger partial charge >= 0.3 is 5.97 Å². The molecule has 4 rings (SSSR count). The van der Waals surface area contributed by atoms with Crippen molar-refractivity contribution in [2.75, 3.05) is 13.2 Å². The Labute approximate surface area is 152 Å². The van der Waals surface area contributed by atoms with Crippen molar-refractivity contribution in [3.63, 3.8) is 0 Å². The Morgan fingerprint density at radius 3 is 2.77 bits per heavy atom. The van der Waals surface area contributed by atoms with Crippen molar-refractivity contribution in [2.45, 2.75) is 31.5 Å². The number of amides is 1. The number of carbonyl (C=O) groups is 2. The van der Waals surface area contributed by atoms with Gasteiger partial charge in [0.25, 0.3) is 5.91 Å². The summed E-state index contributed by atoms with van der Waals surface area (Å²) in [6, 6.07) is 14.8. The first kappa shape index (κ1) is 16.8. The predicted molar refractivity (Wildman–Crippen MR) is 96.1 cm³/mol. The molecular weight excluding hydrogens is 330 g/mol. The number of cyclic esters (lactones) is 1. The largest absolute Gasteiger partial charge is 0.454 e. The molecule has 1 N–H and O–H groups in total. The second-order valence-corrected chi connectivity index (χ2v) is 6.73. The van der Waals surface area contributed by atoms with Gasteiger partial charge in [-0.1, -0.05) is 30.3 Å². The first-order chi connectivity index (χ1) is 12.7. The molecule has 2 aromatic rings. The van der Waals surface area contributed by atoms with E-state index in [1.807, 2.05) is 30.3 Å². The van der Waals surface area contributed by atoms with Crippen molar-refractivity contribution in [1.29, 1.82) is 0 Å². The van der Waals surface area contributed by atoms with E-state index in [1.54, 1.807) is 18.2 Å². The molecule has 2 atom stereocenters. The SMILES string of the molecule is O=C(NC[C@H]1CCCO1)c1ccc2c(c1)C[C@@H](c1ccccc1)OC2=O. The molecule has 2 aliphatic rings. The highest BCUT2D eigenvalue weighted by molar-refractivity contribution is 5.97. The number of rotatable bonds is 4. The molecule has 2 aliphatic heterocycles. The molecule has 1 saturated heterocycles. The normalized spacial score (nSPS) is 21.8. The highest BCUT2D eigenvalue weighted by Crippen LogP contribution is 2.31. The average Bonchev–Trinajstić information content (AvgIpc) is 3.20. The third-order valence-electron chi connectivity index (χ3n) is 4.93. The van der Waals surface area contributed by atoms with Gasteiger partial charge < -0.3 is 14.8 Å². The molecule has 134 valence electrons. The van der Waals surface area contributed by atoms with Gasteiger partial charge in [-0.15, -0.1) is 0 Å². The second-order valence-electron chi connectivity index (χ2n) is 6.73. The Morgan fingerprint density at radius 2 is 2.00 bits per heavy atom. The molecular formula is C21H21NO4. The van der Waals surface area contributed by atoms with Crippen molar-refractivity contribution >= 4 is 11.9 Å². The molecule has 26 heavy (non-hydrogen) atoms. The zero-order valence-electron chi connectivity index (χ0n) is 14.4. The molecule has 0 unspecified atom stereocenters. The molecule has 0 aromatic heterocycles. The van der Waals surface area contributed by atoms with Crippen molar-refractivity contribution < 1.29 is 19.1 Å². The maximum absolute atomic E-state index is 12.4. The lowest BCUT2D eigenvalue weighted by atomic mass is 9.93. The lowest BCUT2D eigenvalue weighted by molar-refractivity contribution is 0.0252. The quantitative estimate of drug-likeness (QED) is 0.860. The molecule has 0 radical (unpaired) electrons. The lowest BCUT2D eigenvalue weighted by Gasteiger charge is -2.25. The predicted octanol–water partition coefficient (Wildman–Crippen LogP) is 3.05. The van der Waals surface area contributed by atoms with Crippen LogP contribution in [0.1, 0.15) is 50.8 Å². The van der Waals surface area contributed by atoms with Crippen LogP contribution in [0, 0.1) is 0 Å². The van der Waals surface area contributed by atoms with E-state index in [-0.39, 0.29) is 24.1 Å². The Kier molecular flexibility index (Phi) is 4.71. The third-order valence-corrected chi connectivity index (χ3v) is 4.93. The smallest absolute Gasteiger partial charge is 0.339 e. The van der Waals surface area contributed by atoms with Crippen molar-refractivity contribution in [1.82, 2.24) is 5.32 Å². The number of benzene rings is 2. The number of fused-ring (bicyclic) bond motifs is 1. The topological polar surface area (TPSA) is 64.6 Å². The number of hydrogen-bond acceptors (Lipinski definition) is 4. The summed E-state index contributed by atoms with van der Waals surface area (Å²) >= 11 is 0. The van der Waals surface area contributed by atoms with E-state index in [0.717, 1.165) is 30.6 Å². The summed E-state index contributed by atoms with van der Waals surface area (Å²) in [5.41, 5.74) is 2.90. The number of nitrogens with one attached hydrogen (secondary N) is 1. The minimum absolute atomic E-state index is 0.106. The van der Waals surface area contributed by atoms with Crippen LogP contribution in [0.5, 0.6) is 0 Å². The molecule has 1 amide bonds. The van der Waals surface area contributed by atoms with Gasteiger partial charge in [0, 0.05) is 25.1 Å². The van der Waals surface area contributed by atoms with E-state index in [2.05, 4.69) is 5.32 Å². The van der Waals surface area contributed by atoms with Gasteiger partial charge in [-0.05, 0) is 42.2 Å². The van der Waals surface area contributed by atoms with Gasteiger partial charge in [0.15, 0.2) is 0 Å². The van der Waals surface area contributed by atoms with E-state index in [4.69, 9.17) is 9.47 Å². The molecule has 0 spiro atoms. The molecule has 2 aromatic carbocycles. The van der Waals surface area contributed by atoms with Gasteiger partial charge in [0.05, 0.1) is 11.7 Å². The van der Waals surface area contributed by atoms with Gasteiger partial charge in [-0.3, -0.25) is 4.79 Å². The van der Waals surface area contributed by atoms with Crippen LogP contribution in [0.2, 0.25) is 0 Å². The van der Waals surface area contributed by atoms with Crippen LogP contribution in [-0.4, -0.2) is 31.1 Å². The van der Waals surface area contributed by atoms with Crippen molar-refractivity contribution in [3.05, 3.63) is 70.8 Å². The highest BCUT2D eigenvalue weighted by atomic mass is 16.5. The maximum Gasteiger partial charge on any atom is 0.339 e. The zero-order valence-corrected chi connectivity index (χ0v) is 14.4. The summed E-state index contributed by atoms with van der Waals surface area (Å²) in [7, 11) is 0. The van der Waals surface area contributed by atoms with E-state index >= 15 is 0 Å². The summed E-state index contributed by atoms with van der Waals surface area (Å²) in [5, 5.41) is 2.92. The summed E-state index contributed by atoms with van der Waals surface area (Å²) < 4.78 is 11.1. The summed E-state index contributed by atoms with van der Waals surface area (Å²) in [6.45, 7) is 1.28. The fraction of sp³-hybridized carbons (Fsp3) is 0.333. The fourth-order valence-electron chi connectivity index (χ4n) is 3.50. The van der Waals surface area contributed by atoms with Gasteiger partial charge in [0.2, 0.25) is 0 Å².